The largest absolute Gasteiger partial charge is 0.487 e. The van der Waals surface area contributed by atoms with E-state index in [1.54, 1.807) is 24.3 Å². The summed E-state index contributed by atoms with van der Waals surface area (Å²) in [6.45, 7) is 10.3. The third-order valence-corrected chi connectivity index (χ3v) is 9.08. The van der Waals surface area contributed by atoms with Crippen molar-refractivity contribution in [3.05, 3.63) is 65.7 Å². The molecule has 10 heteroatoms. The molecular formula is C26H35N3O5SSi. The zero-order valence-corrected chi connectivity index (χ0v) is 23.3. The maximum absolute atomic E-state index is 13.4. The number of anilines is 1. The molecular weight excluding hydrogens is 494 g/mol. The first-order valence-electron chi connectivity index (χ1n) is 12.0. The van der Waals surface area contributed by atoms with Crippen molar-refractivity contribution in [2.24, 2.45) is 0 Å². The number of nitrogens with zero attached hydrogens (tertiary/aromatic N) is 2. The average molecular weight is 530 g/mol. The molecule has 2 aromatic rings. The minimum absolute atomic E-state index is 0.0103. The number of benzene rings is 2. The highest BCUT2D eigenvalue weighted by Crippen LogP contribution is 2.36. The Morgan fingerprint density at radius 1 is 1.14 bits per heavy atom. The van der Waals surface area contributed by atoms with E-state index in [-0.39, 0.29) is 31.6 Å². The second-order valence-corrected chi connectivity index (χ2v) is 17.7. The summed E-state index contributed by atoms with van der Waals surface area (Å²) in [5, 5.41) is 2.79. The summed E-state index contributed by atoms with van der Waals surface area (Å²) < 4.78 is 34.9. The van der Waals surface area contributed by atoms with Gasteiger partial charge in [0, 0.05) is 26.7 Å². The monoisotopic (exact) mass is 529 g/mol. The molecule has 8 nitrogen and oxygen atoms in total. The van der Waals surface area contributed by atoms with Crippen LogP contribution in [-0.4, -0.2) is 51.7 Å². The van der Waals surface area contributed by atoms with Crippen LogP contribution in [-0.2, 0) is 26.4 Å². The van der Waals surface area contributed by atoms with Crippen molar-refractivity contribution in [3.63, 3.8) is 0 Å². The molecule has 1 heterocycles. The number of hydrogen-bond acceptors (Lipinski definition) is 5. The van der Waals surface area contributed by atoms with E-state index in [1.165, 1.54) is 6.08 Å². The Morgan fingerprint density at radius 2 is 1.83 bits per heavy atom. The fourth-order valence-corrected chi connectivity index (χ4v) is 6.22. The molecule has 0 saturated carbocycles. The zero-order valence-electron chi connectivity index (χ0n) is 21.5. The number of nitrogens with one attached hydrogen (secondary N) is 1. The minimum Gasteiger partial charge on any atom is -0.487 e. The smallest absolute Gasteiger partial charge is 0.329 e. The molecule has 1 N–H and O–H groups in total. The lowest BCUT2D eigenvalue weighted by Gasteiger charge is -2.24. The normalized spacial score (nSPS) is 15.7. The van der Waals surface area contributed by atoms with Gasteiger partial charge in [-0.05, 0) is 49.2 Å². The Labute approximate surface area is 215 Å². The summed E-state index contributed by atoms with van der Waals surface area (Å²) in [5.74, 6) is -0.364. The topological polar surface area (TPSA) is 96.0 Å². The Balaban J connectivity index is 1.92. The van der Waals surface area contributed by atoms with E-state index in [4.69, 9.17) is 4.74 Å². The van der Waals surface area contributed by atoms with E-state index in [1.807, 2.05) is 44.2 Å². The van der Waals surface area contributed by atoms with Gasteiger partial charge in [-0.25, -0.2) is 8.61 Å². The highest BCUT2D eigenvalue weighted by Gasteiger charge is 2.43. The molecule has 0 spiro atoms. The minimum atomic E-state index is -4.03. The van der Waals surface area contributed by atoms with Crippen molar-refractivity contribution in [3.8, 4) is 5.75 Å². The zero-order chi connectivity index (χ0) is 26.5. The maximum Gasteiger partial charge on any atom is 0.329 e. The van der Waals surface area contributed by atoms with Crippen LogP contribution >= 0.6 is 0 Å². The molecule has 3 rings (SSSR count). The lowest BCUT2D eigenvalue weighted by Crippen LogP contribution is -2.37. The molecule has 0 aromatic heterocycles. The highest BCUT2D eigenvalue weighted by atomic mass is 32.2. The first-order chi connectivity index (χ1) is 16.9. The van der Waals surface area contributed by atoms with Crippen LogP contribution in [0.5, 0.6) is 5.75 Å². The van der Waals surface area contributed by atoms with E-state index in [0.717, 1.165) is 14.2 Å². The number of amides is 2. The Hall–Kier alpha value is -3.11. The number of rotatable bonds is 10. The summed E-state index contributed by atoms with van der Waals surface area (Å²) >= 11 is 0. The van der Waals surface area contributed by atoms with Gasteiger partial charge in [-0.2, -0.15) is 8.42 Å². The van der Waals surface area contributed by atoms with Crippen LogP contribution in [0.1, 0.15) is 25.0 Å². The number of carbonyl (C=O) groups excluding carboxylic acids is 2. The Kier molecular flexibility index (Phi) is 8.62. The van der Waals surface area contributed by atoms with E-state index in [2.05, 4.69) is 25.0 Å². The molecule has 1 saturated heterocycles. The number of ether oxygens (including phenoxy) is 1. The maximum atomic E-state index is 13.4. The van der Waals surface area contributed by atoms with Crippen LogP contribution in [0.2, 0.25) is 25.7 Å². The van der Waals surface area contributed by atoms with Gasteiger partial charge in [-0.1, -0.05) is 56.0 Å². The average Bonchev–Trinajstić information content (AvgIpc) is 3.02. The third-order valence-electron chi connectivity index (χ3n) is 5.53. The van der Waals surface area contributed by atoms with Crippen LogP contribution in [0, 0.1) is 0 Å². The van der Waals surface area contributed by atoms with Gasteiger partial charge in [-0.15, -0.1) is 0 Å². The standard InChI is InChI=1S/C26H35N3O5SSi/c1-20(2)27-25(30)14-12-21-11-13-23(24(17-21)34-19-22-9-7-6-8-10-22)29-18-26(31)28(35(29,32)33)15-16-36(3,4)5/h6-14,17,20H,15-16,18-19H2,1-5H3,(H,27,30)/b14-12+. The van der Waals surface area contributed by atoms with Crippen molar-refractivity contribution < 1.29 is 22.7 Å². The molecule has 0 unspecified atom stereocenters. The molecule has 2 aromatic carbocycles. The predicted molar refractivity (Wildman–Crippen MR) is 146 cm³/mol. The molecule has 0 atom stereocenters. The SMILES string of the molecule is CC(C)NC(=O)/C=C/c1ccc(N2CC(=O)N(CC[Si](C)(C)C)S2(=O)=O)c(OCc2ccccc2)c1. The lowest BCUT2D eigenvalue weighted by atomic mass is 10.1. The third kappa shape index (κ3) is 7.20. The second kappa shape index (κ2) is 11.3. The van der Waals surface area contributed by atoms with Crippen molar-refractivity contribution in [2.45, 2.75) is 52.2 Å². The van der Waals surface area contributed by atoms with Crippen molar-refractivity contribution in [1.29, 1.82) is 0 Å². The van der Waals surface area contributed by atoms with Gasteiger partial charge in [-0.3, -0.25) is 9.59 Å². The highest BCUT2D eigenvalue weighted by molar-refractivity contribution is 7.91. The van der Waals surface area contributed by atoms with Crippen LogP contribution in [0.3, 0.4) is 0 Å². The van der Waals surface area contributed by atoms with Gasteiger partial charge in [0.05, 0.1) is 5.69 Å². The lowest BCUT2D eigenvalue weighted by molar-refractivity contribution is -0.123. The van der Waals surface area contributed by atoms with Gasteiger partial charge in [0.2, 0.25) is 5.91 Å². The quantitative estimate of drug-likeness (QED) is 0.370. The molecule has 0 bridgehead atoms. The fourth-order valence-electron chi connectivity index (χ4n) is 3.61. The van der Waals surface area contributed by atoms with E-state index < -0.39 is 24.2 Å². The predicted octanol–water partition coefficient (Wildman–Crippen LogP) is 4.04. The molecule has 1 aliphatic rings. The van der Waals surface area contributed by atoms with E-state index in [9.17, 15) is 18.0 Å². The van der Waals surface area contributed by atoms with Gasteiger partial charge in [0.1, 0.15) is 18.9 Å². The summed E-state index contributed by atoms with van der Waals surface area (Å²) in [4.78, 5) is 24.8. The first kappa shape index (κ1) is 27.5. The van der Waals surface area contributed by atoms with Crippen molar-refractivity contribution in [2.75, 3.05) is 17.4 Å². The van der Waals surface area contributed by atoms with Crippen LogP contribution < -0.4 is 14.4 Å². The summed E-state index contributed by atoms with van der Waals surface area (Å²) in [7, 11) is -5.59. The van der Waals surface area contributed by atoms with Crippen molar-refractivity contribution >= 4 is 41.9 Å². The number of carbonyl (C=O) groups is 2. The Bertz CT molecular complexity index is 1220. The van der Waals surface area contributed by atoms with Crippen LogP contribution in [0.4, 0.5) is 5.69 Å². The molecule has 1 aliphatic heterocycles. The molecule has 2 amide bonds. The van der Waals surface area contributed by atoms with Crippen molar-refractivity contribution in [1.82, 2.24) is 9.62 Å². The van der Waals surface area contributed by atoms with Crippen LogP contribution in [0.25, 0.3) is 6.08 Å². The molecule has 0 radical (unpaired) electrons. The van der Waals surface area contributed by atoms with Gasteiger partial charge >= 0.3 is 10.2 Å². The molecule has 0 aliphatic carbocycles. The second-order valence-electron chi connectivity index (χ2n) is 10.3. The van der Waals surface area contributed by atoms with E-state index >= 15 is 0 Å². The molecule has 36 heavy (non-hydrogen) atoms. The summed E-state index contributed by atoms with van der Waals surface area (Å²) in [6, 6.07) is 15.2. The van der Waals surface area contributed by atoms with Crippen LogP contribution in [0.15, 0.2) is 54.6 Å². The fraction of sp³-hybridized carbons (Fsp3) is 0.385. The first-order valence-corrected chi connectivity index (χ1v) is 17.1. The number of hydrogen-bond donors (Lipinski definition) is 1. The molecule has 194 valence electrons. The summed E-state index contributed by atoms with van der Waals surface area (Å²) in [5.41, 5.74) is 1.87. The summed E-state index contributed by atoms with van der Waals surface area (Å²) in [6.07, 6.45) is 3.06. The van der Waals surface area contributed by atoms with Gasteiger partial charge in [0.15, 0.2) is 0 Å². The van der Waals surface area contributed by atoms with Gasteiger partial charge < -0.3 is 10.1 Å². The molecule has 1 fully saturated rings. The van der Waals surface area contributed by atoms with Gasteiger partial charge in [0.25, 0.3) is 5.91 Å². The van der Waals surface area contributed by atoms with E-state index in [0.29, 0.717) is 23.0 Å². The Morgan fingerprint density at radius 3 is 2.47 bits per heavy atom.